The number of pyridine rings is 1. The maximum Gasteiger partial charge on any atom is 0.170 e. The van der Waals surface area contributed by atoms with Gasteiger partial charge in [-0.3, -0.25) is 4.98 Å². The molecule has 0 saturated carbocycles. The van der Waals surface area contributed by atoms with E-state index in [1.54, 1.807) is 7.11 Å². The van der Waals surface area contributed by atoms with Crippen LogP contribution in [0.3, 0.4) is 0 Å². The minimum absolute atomic E-state index is 0.0229. The molecule has 0 spiro atoms. The lowest BCUT2D eigenvalue weighted by Gasteiger charge is -2.28. The number of thiocarbonyl (C=S) groups is 1. The molecule has 180 valence electrons. The van der Waals surface area contributed by atoms with Crippen LogP contribution < -0.4 is 10.1 Å². The van der Waals surface area contributed by atoms with Gasteiger partial charge in [-0.1, -0.05) is 17.7 Å². The molecule has 2 aromatic heterocycles. The number of aryl methyl sites for hydroxylation is 1. The van der Waals surface area contributed by atoms with Crippen molar-refractivity contribution >= 4 is 28.9 Å². The van der Waals surface area contributed by atoms with Crippen LogP contribution in [-0.4, -0.2) is 58.8 Å². The van der Waals surface area contributed by atoms with Crippen LogP contribution in [0.2, 0.25) is 5.02 Å². The lowest BCUT2D eigenvalue weighted by atomic mass is 9.96. The topological polar surface area (TPSA) is 45.6 Å². The van der Waals surface area contributed by atoms with E-state index >= 15 is 0 Å². The van der Waals surface area contributed by atoms with Crippen LogP contribution in [0.25, 0.3) is 5.69 Å². The fourth-order valence-electron chi connectivity index (χ4n) is 4.84. The molecule has 3 heterocycles. The molecule has 8 heteroatoms. The Hall–Kier alpha value is -2.61. The molecule has 1 fully saturated rings. The van der Waals surface area contributed by atoms with Gasteiger partial charge in [0, 0.05) is 29.2 Å². The molecule has 34 heavy (non-hydrogen) atoms. The van der Waals surface area contributed by atoms with E-state index in [1.807, 2.05) is 36.5 Å². The first-order chi connectivity index (χ1) is 16.3. The number of nitrogens with zero attached hydrogens (tertiary/aromatic N) is 4. The second kappa shape index (κ2) is 10.3. The molecule has 4 rings (SSSR count). The summed E-state index contributed by atoms with van der Waals surface area (Å²) in [6.45, 7) is 6.13. The van der Waals surface area contributed by atoms with E-state index in [2.05, 4.69) is 64.7 Å². The summed E-state index contributed by atoms with van der Waals surface area (Å²) in [5, 5.41) is 5.00. The maximum atomic E-state index is 6.37. The van der Waals surface area contributed by atoms with Gasteiger partial charge < -0.3 is 24.4 Å². The summed E-state index contributed by atoms with van der Waals surface area (Å²) in [5.41, 5.74) is 5.37. The third-order valence-electron chi connectivity index (χ3n) is 6.37. The van der Waals surface area contributed by atoms with E-state index in [0.717, 1.165) is 53.1 Å². The Morgan fingerprint density at radius 3 is 2.65 bits per heavy atom. The first kappa shape index (κ1) is 24.5. The zero-order valence-electron chi connectivity index (χ0n) is 20.4. The molecule has 0 unspecified atom stereocenters. The van der Waals surface area contributed by atoms with Crippen LogP contribution >= 0.6 is 23.8 Å². The van der Waals surface area contributed by atoms with Gasteiger partial charge in [0.05, 0.1) is 30.6 Å². The Morgan fingerprint density at radius 1 is 1.18 bits per heavy atom. The van der Waals surface area contributed by atoms with Crippen LogP contribution in [0.15, 0.2) is 48.7 Å². The number of halogens is 1. The molecular formula is C26H32ClN5OS. The van der Waals surface area contributed by atoms with Gasteiger partial charge in [0.1, 0.15) is 5.75 Å². The largest absolute Gasteiger partial charge is 0.495 e. The molecule has 0 amide bonds. The summed E-state index contributed by atoms with van der Waals surface area (Å²) in [4.78, 5) is 9.19. The summed E-state index contributed by atoms with van der Waals surface area (Å²) >= 11 is 12.2. The molecule has 2 atom stereocenters. The Bertz CT molecular complexity index is 1160. The van der Waals surface area contributed by atoms with E-state index < -0.39 is 0 Å². The summed E-state index contributed by atoms with van der Waals surface area (Å²) in [7, 11) is 5.88. The maximum absolute atomic E-state index is 6.37. The molecule has 0 aliphatic carbocycles. The molecule has 0 radical (unpaired) electrons. The molecule has 1 saturated heterocycles. The molecule has 1 N–H and O–H groups in total. The van der Waals surface area contributed by atoms with E-state index in [4.69, 9.17) is 28.6 Å². The van der Waals surface area contributed by atoms with Gasteiger partial charge in [-0.05, 0) is 95.1 Å². The highest BCUT2D eigenvalue weighted by Gasteiger charge is 2.41. The number of ether oxygens (including phenoxy) is 1. The fraction of sp³-hybridized carbons (Fsp3) is 0.385. The quantitative estimate of drug-likeness (QED) is 0.438. The Labute approximate surface area is 212 Å². The van der Waals surface area contributed by atoms with Crippen LogP contribution in [-0.2, 0) is 0 Å². The number of hydrogen-bond donors (Lipinski definition) is 1. The average Bonchev–Trinajstić information content (AvgIpc) is 3.29. The van der Waals surface area contributed by atoms with Gasteiger partial charge in [-0.15, -0.1) is 0 Å². The number of aromatic nitrogens is 2. The Morgan fingerprint density at radius 2 is 1.97 bits per heavy atom. The van der Waals surface area contributed by atoms with Crippen molar-refractivity contribution in [3.63, 3.8) is 0 Å². The normalized spacial score (nSPS) is 18.0. The lowest BCUT2D eigenvalue weighted by Crippen LogP contribution is -2.32. The van der Waals surface area contributed by atoms with Crippen molar-refractivity contribution in [2.75, 3.05) is 34.3 Å². The van der Waals surface area contributed by atoms with E-state index in [1.165, 1.54) is 5.56 Å². The third kappa shape index (κ3) is 4.78. The monoisotopic (exact) mass is 497 g/mol. The number of methoxy groups -OCH3 is 1. The SMILES string of the molecule is COc1ccc(Cl)cc1-n1c(C)cc([C@@H]2[C@@H](c3ccccn3)NC(=S)N2CCCN(C)C)c1C. The standard InChI is InChI=1S/C26H32ClN5OS/c1-17-15-20(18(2)32(17)22-16-19(27)10-11-23(22)33-5)25-24(21-9-6-7-12-28-21)29-26(34)31(25)14-8-13-30(3)4/h6-7,9-12,15-16,24-25H,8,13-14H2,1-5H3,(H,29,34)/t24-,25-/m1/s1. The van der Waals surface area contributed by atoms with Crippen molar-refractivity contribution < 1.29 is 4.74 Å². The molecular weight excluding hydrogens is 466 g/mol. The first-order valence-electron chi connectivity index (χ1n) is 11.5. The van der Waals surface area contributed by atoms with Gasteiger partial charge in [0.25, 0.3) is 0 Å². The van der Waals surface area contributed by atoms with Crippen molar-refractivity contribution in [3.05, 3.63) is 76.3 Å². The van der Waals surface area contributed by atoms with E-state index in [0.29, 0.717) is 5.02 Å². The molecule has 6 nitrogen and oxygen atoms in total. The predicted molar refractivity (Wildman–Crippen MR) is 142 cm³/mol. The van der Waals surface area contributed by atoms with Gasteiger partial charge in [0.2, 0.25) is 0 Å². The molecule has 3 aromatic rings. The highest BCUT2D eigenvalue weighted by atomic mass is 35.5. The van der Waals surface area contributed by atoms with Gasteiger partial charge in [-0.2, -0.15) is 0 Å². The van der Waals surface area contributed by atoms with Gasteiger partial charge >= 0.3 is 0 Å². The average molecular weight is 498 g/mol. The summed E-state index contributed by atoms with van der Waals surface area (Å²) in [5.74, 6) is 0.780. The Kier molecular flexibility index (Phi) is 7.45. The lowest BCUT2D eigenvalue weighted by molar-refractivity contribution is 0.292. The second-order valence-electron chi connectivity index (χ2n) is 8.95. The van der Waals surface area contributed by atoms with Gasteiger partial charge in [-0.25, -0.2) is 0 Å². The van der Waals surface area contributed by atoms with Crippen LogP contribution in [0.1, 0.15) is 41.1 Å². The van der Waals surface area contributed by atoms with E-state index in [-0.39, 0.29) is 12.1 Å². The Balaban J connectivity index is 1.81. The zero-order chi connectivity index (χ0) is 24.4. The number of rotatable bonds is 8. The first-order valence-corrected chi connectivity index (χ1v) is 12.3. The zero-order valence-corrected chi connectivity index (χ0v) is 22.0. The second-order valence-corrected chi connectivity index (χ2v) is 9.78. The summed E-state index contributed by atoms with van der Waals surface area (Å²) in [6, 6.07) is 14.0. The number of nitrogens with one attached hydrogen (secondary N) is 1. The van der Waals surface area contributed by atoms with Crippen molar-refractivity contribution in [1.82, 2.24) is 24.7 Å². The number of hydrogen-bond acceptors (Lipinski definition) is 4. The summed E-state index contributed by atoms with van der Waals surface area (Å²) in [6.07, 6.45) is 2.85. The van der Waals surface area contributed by atoms with Crippen molar-refractivity contribution in [2.45, 2.75) is 32.4 Å². The van der Waals surface area contributed by atoms with Crippen LogP contribution in [0.4, 0.5) is 0 Å². The molecule has 0 bridgehead atoms. The smallest absolute Gasteiger partial charge is 0.170 e. The minimum atomic E-state index is -0.0386. The van der Waals surface area contributed by atoms with Crippen molar-refractivity contribution in [1.29, 1.82) is 0 Å². The van der Waals surface area contributed by atoms with Crippen molar-refractivity contribution in [2.24, 2.45) is 0 Å². The third-order valence-corrected chi connectivity index (χ3v) is 6.96. The highest BCUT2D eigenvalue weighted by molar-refractivity contribution is 7.80. The van der Waals surface area contributed by atoms with Gasteiger partial charge in [0.15, 0.2) is 5.11 Å². The van der Waals surface area contributed by atoms with Crippen LogP contribution in [0.5, 0.6) is 5.75 Å². The molecule has 1 aromatic carbocycles. The molecule has 1 aliphatic heterocycles. The van der Waals surface area contributed by atoms with E-state index in [9.17, 15) is 0 Å². The van der Waals surface area contributed by atoms with Crippen LogP contribution in [0, 0.1) is 13.8 Å². The summed E-state index contributed by atoms with van der Waals surface area (Å²) < 4.78 is 7.88. The van der Waals surface area contributed by atoms with Crippen molar-refractivity contribution in [3.8, 4) is 11.4 Å². The highest BCUT2D eigenvalue weighted by Crippen LogP contribution is 2.42. The fourth-order valence-corrected chi connectivity index (χ4v) is 5.34. The minimum Gasteiger partial charge on any atom is -0.495 e. The molecule has 1 aliphatic rings. The predicted octanol–water partition coefficient (Wildman–Crippen LogP) is 5.08. The number of benzene rings is 1.